The molecular weight excluding hydrogens is 272 g/mol. The number of carbonyl (C=O) groups is 1. The number of nitrogens with one attached hydrogen (secondary N) is 2. The van der Waals surface area contributed by atoms with Gasteiger partial charge in [0.25, 0.3) is 0 Å². The van der Waals surface area contributed by atoms with E-state index in [-0.39, 0.29) is 5.91 Å². The van der Waals surface area contributed by atoms with E-state index in [1.54, 1.807) is 0 Å². The van der Waals surface area contributed by atoms with E-state index in [1.807, 2.05) is 38.1 Å². The number of amides is 1. The predicted molar refractivity (Wildman–Crippen MR) is 83.0 cm³/mol. The van der Waals surface area contributed by atoms with E-state index in [0.29, 0.717) is 12.5 Å². The summed E-state index contributed by atoms with van der Waals surface area (Å²) in [5.41, 5.74) is 0.679. The second-order valence-corrected chi connectivity index (χ2v) is 6.62. The molecule has 1 heterocycles. The van der Waals surface area contributed by atoms with Crippen molar-refractivity contribution < 1.29 is 4.79 Å². The van der Waals surface area contributed by atoms with Gasteiger partial charge in [-0.3, -0.25) is 4.79 Å². The first-order valence-electron chi connectivity index (χ1n) is 7.23. The Labute approximate surface area is 126 Å². The molecule has 0 unspecified atom stereocenters. The van der Waals surface area contributed by atoms with Crippen LogP contribution in [0.1, 0.15) is 32.3 Å². The van der Waals surface area contributed by atoms with Gasteiger partial charge in [0.2, 0.25) is 5.91 Å². The first kappa shape index (κ1) is 15.3. The van der Waals surface area contributed by atoms with Gasteiger partial charge >= 0.3 is 0 Å². The van der Waals surface area contributed by atoms with Gasteiger partial charge in [-0.25, -0.2) is 0 Å². The lowest BCUT2D eigenvalue weighted by Gasteiger charge is -2.29. The van der Waals surface area contributed by atoms with Gasteiger partial charge in [0, 0.05) is 16.5 Å². The van der Waals surface area contributed by atoms with Crippen LogP contribution in [-0.4, -0.2) is 25.0 Å². The molecule has 1 aromatic carbocycles. The van der Waals surface area contributed by atoms with Gasteiger partial charge in [-0.05, 0) is 50.0 Å². The maximum atomic E-state index is 12.5. The van der Waals surface area contributed by atoms with Crippen molar-refractivity contribution in [3.63, 3.8) is 0 Å². The number of halogens is 1. The molecule has 0 aromatic heterocycles. The van der Waals surface area contributed by atoms with Gasteiger partial charge < -0.3 is 10.6 Å². The molecule has 0 radical (unpaired) electrons. The van der Waals surface area contributed by atoms with Gasteiger partial charge in [-0.1, -0.05) is 37.6 Å². The van der Waals surface area contributed by atoms with Crippen molar-refractivity contribution in [2.24, 2.45) is 5.41 Å². The van der Waals surface area contributed by atoms with Gasteiger partial charge in [0.05, 0.1) is 0 Å². The Balaban J connectivity index is 1.96. The van der Waals surface area contributed by atoms with Crippen molar-refractivity contribution in [2.75, 3.05) is 13.1 Å². The summed E-state index contributed by atoms with van der Waals surface area (Å²) in [6.45, 7) is 5.95. The summed E-state index contributed by atoms with van der Waals surface area (Å²) in [6.07, 6.45) is 2.72. The number of piperidine rings is 1. The lowest BCUT2D eigenvalue weighted by Crippen LogP contribution is -2.47. The monoisotopic (exact) mass is 294 g/mol. The van der Waals surface area contributed by atoms with E-state index in [4.69, 9.17) is 11.6 Å². The van der Waals surface area contributed by atoms with E-state index in [2.05, 4.69) is 10.6 Å². The molecule has 1 aliphatic rings. The zero-order valence-electron chi connectivity index (χ0n) is 12.2. The average Bonchev–Trinajstić information content (AvgIpc) is 2.39. The molecule has 1 fully saturated rings. The van der Waals surface area contributed by atoms with Crippen molar-refractivity contribution in [3.8, 4) is 0 Å². The Kier molecular flexibility index (Phi) is 5.06. The summed E-state index contributed by atoms with van der Waals surface area (Å²) < 4.78 is 0. The van der Waals surface area contributed by atoms with Crippen LogP contribution in [0.4, 0.5) is 0 Å². The molecule has 1 aromatic rings. The molecular formula is C16H23ClN2O. The summed E-state index contributed by atoms with van der Waals surface area (Å²) in [7, 11) is 0. The third kappa shape index (κ3) is 4.22. The molecule has 0 bridgehead atoms. The fraction of sp³-hybridized carbons (Fsp3) is 0.562. The largest absolute Gasteiger partial charge is 0.353 e. The minimum absolute atomic E-state index is 0.129. The molecule has 2 rings (SSSR count). The van der Waals surface area contributed by atoms with E-state index in [1.165, 1.54) is 0 Å². The van der Waals surface area contributed by atoms with Crippen molar-refractivity contribution in [1.82, 2.24) is 10.6 Å². The summed E-state index contributed by atoms with van der Waals surface area (Å²) >= 11 is 6.00. The summed E-state index contributed by atoms with van der Waals surface area (Å²) in [5, 5.41) is 7.21. The predicted octanol–water partition coefficient (Wildman–Crippen LogP) is 2.78. The lowest BCUT2D eigenvalue weighted by atomic mass is 9.84. The van der Waals surface area contributed by atoms with E-state index in [9.17, 15) is 4.79 Å². The molecule has 20 heavy (non-hydrogen) atoms. The SMILES string of the molecule is CC(C)(Cc1cccc(Cl)c1)C(=O)NC1CCNCC1. The topological polar surface area (TPSA) is 41.1 Å². The normalized spacial score (nSPS) is 16.9. The van der Waals surface area contributed by atoms with Crippen molar-refractivity contribution >= 4 is 17.5 Å². The highest BCUT2D eigenvalue weighted by molar-refractivity contribution is 6.30. The van der Waals surface area contributed by atoms with E-state index < -0.39 is 5.41 Å². The fourth-order valence-corrected chi connectivity index (χ4v) is 2.80. The number of hydrogen-bond acceptors (Lipinski definition) is 2. The van der Waals surface area contributed by atoms with Crippen LogP contribution in [0.2, 0.25) is 5.02 Å². The standard InChI is InChI=1S/C16H23ClN2O/c1-16(2,11-12-4-3-5-13(17)10-12)15(20)19-14-6-8-18-9-7-14/h3-5,10,14,18H,6-9,11H2,1-2H3,(H,19,20). The van der Waals surface area contributed by atoms with Crippen molar-refractivity contribution in [3.05, 3.63) is 34.9 Å². The maximum absolute atomic E-state index is 12.5. The molecule has 0 saturated carbocycles. The zero-order valence-corrected chi connectivity index (χ0v) is 13.0. The third-order valence-electron chi connectivity index (χ3n) is 3.82. The van der Waals surface area contributed by atoms with Crippen LogP contribution in [0.3, 0.4) is 0 Å². The molecule has 4 heteroatoms. The van der Waals surface area contributed by atoms with Crippen LogP contribution >= 0.6 is 11.6 Å². The quantitative estimate of drug-likeness (QED) is 0.896. The van der Waals surface area contributed by atoms with Gasteiger partial charge in [-0.15, -0.1) is 0 Å². The molecule has 2 N–H and O–H groups in total. The highest BCUT2D eigenvalue weighted by atomic mass is 35.5. The molecule has 1 saturated heterocycles. The average molecular weight is 295 g/mol. The number of hydrogen-bond donors (Lipinski definition) is 2. The summed E-state index contributed by atoms with van der Waals surface area (Å²) in [4.78, 5) is 12.5. The van der Waals surface area contributed by atoms with E-state index >= 15 is 0 Å². The second-order valence-electron chi connectivity index (χ2n) is 6.19. The highest BCUT2D eigenvalue weighted by Gasteiger charge is 2.30. The Morgan fingerprint density at radius 3 is 2.75 bits per heavy atom. The Morgan fingerprint density at radius 1 is 1.40 bits per heavy atom. The van der Waals surface area contributed by atoms with Crippen molar-refractivity contribution in [2.45, 2.75) is 39.2 Å². The van der Waals surface area contributed by atoms with Gasteiger partial charge in [-0.2, -0.15) is 0 Å². The Bertz CT molecular complexity index is 467. The van der Waals surface area contributed by atoms with Crippen molar-refractivity contribution in [1.29, 1.82) is 0 Å². The molecule has 0 aliphatic carbocycles. The Morgan fingerprint density at radius 2 is 2.10 bits per heavy atom. The number of carbonyl (C=O) groups excluding carboxylic acids is 1. The zero-order chi connectivity index (χ0) is 14.6. The minimum Gasteiger partial charge on any atom is -0.353 e. The molecule has 3 nitrogen and oxygen atoms in total. The van der Waals surface area contributed by atoms with Crippen LogP contribution in [0.25, 0.3) is 0 Å². The van der Waals surface area contributed by atoms with Crippen LogP contribution < -0.4 is 10.6 Å². The van der Waals surface area contributed by atoms with E-state index in [0.717, 1.165) is 36.5 Å². The molecule has 1 amide bonds. The number of rotatable bonds is 4. The second kappa shape index (κ2) is 6.59. The third-order valence-corrected chi connectivity index (χ3v) is 4.06. The highest BCUT2D eigenvalue weighted by Crippen LogP contribution is 2.24. The van der Waals surface area contributed by atoms with Gasteiger partial charge in [0.15, 0.2) is 0 Å². The van der Waals surface area contributed by atoms with Crippen LogP contribution in [0, 0.1) is 5.41 Å². The first-order valence-corrected chi connectivity index (χ1v) is 7.61. The lowest BCUT2D eigenvalue weighted by molar-refractivity contribution is -0.130. The smallest absolute Gasteiger partial charge is 0.226 e. The molecule has 110 valence electrons. The number of benzene rings is 1. The first-order chi connectivity index (χ1) is 9.47. The maximum Gasteiger partial charge on any atom is 0.226 e. The van der Waals surface area contributed by atoms with Crippen LogP contribution in [0.15, 0.2) is 24.3 Å². The van der Waals surface area contributed by atoms with Crippen LogP contribution in [0.5, 0.6) is 0 Å². The van der Waals surface area contributed by atoms with Crippen LogP contribution in [-0.2, 0) is 11.2 Å². The minimum atomic E-state index is -0.421. The van der Waals surface area contributed by atoms with Gasteiger partial charge in [0.1, 0.15) is 0 Å². The fourth-order valence-electron chi connectivity index (χ4n) is 2.58. The molecule has 0 spiro atoms. The Hall–Kier alpha value is -1.06. The summed E-state index contributed by atoms with van der Waals surface area (Å²) in [5.74, 6) is 0.129. The summed E-state index contributed by atoms with van der Waals surface area (Å²) in [6, 6.07) is 8.04. The molecule has 1 aliphatic heterocycles. The molecule has 0 atom stereocenters.